The maximum Gasteiger partial charge on any atom is 0.490 e. The Kier molecular flexibility index (Phi) is 10.0. The number of carboxylic acid groups (broad SMARTS) is 1. The van der Waals surface area contributed by atoms with Crippen molar-refractivity contribution in [3.8, 4) is 11.5 Å². The fourth-order valence-corrected chi connectivity index (χ4v) is 6.80. The van der Waals surface area contributed by atoms with Crippen LogP contribution in [0.3, 0.4) is 0 Å². The Morgan fingerprint density at radius 2 is 1.63 bits per heavy atom. The molecule has 2 aliphatic carbocycles. The number of nitrogens with one attached hydrogen (secondary N) is 2. The number of ether oxygens (including phenoxy) is 2. The average molecular weight is 614 g/mol. The minimum Gasteiger partial charge on any atom is -0.493 e. The SMILES string of the molecule is COc1ccc([C@@]23CC[C@@H](NC(=O)Nc4ccc(F)c(F)c4)C[C@@H]2N(C2CCCC2)CC3)cc1OC.O=C(O)C(F)(F)F. The molecular formula is C30H36F5N3O5. The van der Waals surface area contributed by atoms with E-state index in [2.05, 4.69) is 27.7 Å². The van der Waals surface area contributed by atoms with E-state index in [0.717, 1.165) is 55.9 Å². The van der Waals surface area contributed by atoms with Crippen LogP contribution in [-0.2, 0) is 10.2 Å². The second kappa shape index (κ2) is 13.4. The molecule has 2 amide bonds. The molecule has 2 aromatic rings. The Morgan fingerprint density at radius 3 is 2.23 bits per heavy atom. The van der Waals surface area contributed by atoms with Crippen LogP contribution in [-0.4, -0.2) is 67.1 Å². The Bertz CT molecular complexity index is 1300. The maximum atomic E-state index is 13.6. The molecule has 2 aromatic carbocycles. The van der Waals surface area contributed by atoms with Crippen LogP contribution in [0.2, 0.25) is 0 Å². The molecule has 3 atom stereocenters. The number of hydrogen-bond donors (Lipinski definition) is 3. The number of hydrogen-bond acceptors (Lipinski definition) is 5. The van der Waals surface area contributed by atoms with Crippen molar-refractivity contribution in [3.05, 3.63) is 53.6 Å². The first kappa shape index (κ1) is 32.3. The third kappa shape index (κ3) is 7.31. The number of fused-ring (bicyclic) bond motifs is 1. The van der Waals surface area contributed by atoms with E-state index in [9.17, 15) is 26.7 Å². The summed E-state index contributed by atoms with van der Waals surface area (Å²) in [4.78, 5) is 24.3. The van der Waals surface area contributed by atoms with Gasteiger partial charge in [-0.05, 0) is 74.9 Å². The lowest BCUT2D eigenvalue weighted by Crippen LogP contribution is -2.54. The summed E-state index contributed by atoms with van der Waals surface area (Å²) in [6.45, 7) is 1.05. The summed E-state index contributed by atoms with van der Waals surface area (Å²) in [6.07, 6.45) is 3.64. The molecule has 236 valence electrons. The summed E-state index contributed by atoms with van der Waals surface area (Å²) < 4.78 is 69.7. The van der Waals surface area contributed by atoms with Crippen LogP contribution in [0, 0.1) is 11.6 Å². The van der Waals surface area contributed by atoms with Gasteiger partial charge in [-0.1, -0.05) is 18.9 Å². The Morgan fingerprint density at radius 1 is 0.953 bits per heavy atom. The monoisotopic (exact) mass is 613 g/mol. The third-order valence-corrected chi connectivity index (χ3v) is 8.81. The van der Waals surface area contributed by atoms with Crippen LogP contribution in [0.5, 0.6) is 11.5 Å². The second-order valence-corrected chi connectivity index (χ2v) is 11.2. The van der Waals surface area contributed by atoms with Crippen LogP contribution in [0.4, 0.5) is 32.4 Å². The van der Waals surface area contributed by atoms with Crippen molar-refractivity contribution < 1.29 is 46.1 Å². The molecule has 0 radical (unpaired) electrons. The van der Waals surface area contributed by atoms with Crippen molar-refractivity contribution >= 4 is 17.7 Å². The average Bonchev–Trinajstić information content (AvgIpc) is 3.63. The number of anilines is 1. The molecular weight excluding hydrogens is 577 g/mol. The topological polar surface area (TPSA) is 100 Å². The number of benzene rings is 2. The molecule has 0 spiro atoms. The van der Waals surface area contributed by atoms with Gasteiger partial charge in [0, 0.05) is 35.3 Å². The lowest BCUT2D eigenvalue weighted by atomic mass is 9.65. The van der Waals surface area contributed by atoms with Crippen LogP contribution in [0.1, 0.15) is 56.9 Å². The number of urea groups is 1. The van der Waals surface area contributed by atoms with Crippen molar-refractivity contribution in [2.75, 3.05) is 26.1 Å². The second-order valence-electron chi connectivity index (χ2n) is 11.2. The zero-order chi connectivity index (χ0) is 31.4. The molecule has 1 saturated heterocycles. The van der Waals surface area contributed by atoms with Gasteiger partial charge >= 0.3 is 18.2 Å². The predicted molar refractivity (Wildman–Crippen MR) is 148 cm³/mol. The number of carboxylic acids is 1. The molecule has 3 aliphatic rings. The Balaban J connectivity index is 0.000000541. The van der Waals surface area contributed by atoms with Crippen LogP contribution >= 0.6 is 0 Å². The van der Waals surface area contributed by atoms with E-state index in [-0.39, 0.29) is 17.1 Å². The van der Waals surface area contributed by atoms with Crippen LogP contribution in [0.25, 0.3) is 0 Å². The first-order valence-corrected chi connectivity index (χ1v) is 14.2. The number of alkyl halides is 3. The highest BCUT2D eigenvalue weighted by molar-refractivity contribution is 5.89. The molecule has 1 heterocycles. The van der Waals surface area contributed by atoms with E-state index in [1.165, 1.54) is 37.3 Å². The molecule has 43 heavy (non-hydrogen) atoms. The highest BCUT2D eigenvalue weighted by Crippen LogP contribution is 2.52. The van der Waals surface area contributed by atoms with Crippen molar-refractivity contribution in [3.63, 3.8) is 0 Å². The van der Waals surface area contributed by atoms with Gasteiger partial charge in [0.15, 0.2) is 23.1 Å². The molecule has 1 aliphatic heterocycles. The summed E-state index contributed by atoms with van der Waals surface area (Å²) >= 11 is 0. The zero-order valence-corrected chi connectivity index (χ0v) is 24.0. The summed E-state index contributed by atoms with van der Waals surface area (Å²) in [6, 6.07) is 10.2. The normalized spacial score (nSPS) is 24.0. The minimum atomic E-state index is -5.08. The summed E-state index contributed by atoms with van der Waals surface area (Å²) in [7, 11) is 3.32. The van der Waals surface area contributed by atoms with E-state index >= 15 is 0 Å². The first-order chi connectivity index (χ1) is 20.4. The summed E-state index contributed by atoms with van der Waals surface area (Å²) in [5, 5.41) is 12.9. The highest BCUT2D eigenvalue weighted by atomic mass is 19.4. The number of nitrogens with zero attached hydrogens (tertiary/aromatic N) is 1. The van der Waals surface area contributed by atoms with Crippen molar-refractivity contribution in [2.45, 2.75) is 81.1 Å². The molecule has 8 nitrogen and oxygen atoms in total. The van der Waals surface area contributed by atoms with Gasteiger partial charge in [0.25, 0.3) is 0 Å². The minimum absolute atomic E-state index is 0.00309. The van der Waals surface area contributed by atoms with E-state index in [1.54, 1.807) is 14.2 Å². The number of aliphatic carboxylic acids is 1. The Hall–Kier alpha value is -3.61. The molecule has 3 fully saturated rings. The van der Waals surface area contributed by atoms with E-state index in [1.807, 2.05) is 6.07 Å². The van der Waals surface area contributed by atoms with Gasteiger partial charge in [-0.25, -0.2) is 18.4 Å². The van der Waals surface area contributed by atoms with Gasteiger partial charge in [0.05, 0.1) is 14.2 Å². The number of carbonyl (C=O) groups is 2. The smallest absolute Gasteiger partial charge is 0.490 e. The number of methoxy groups -OCH3 is 2. The molecule has 2 saturated carbocycles. The van der Waals surface area contributed by atoms with Gasteiger partial charge in [-0.3, -0.25) is 4.90 Å². The zero-order valence-electron chi connectivity index (χ0n) is 24.0. The molecule has 5 rings (SSSR count). The third-order valence-electron chi connectivity index (χ3n) is 8.81. The van der Waals surface area contributed by atoms with E-state index in [0.29, 0.717) is 12.1 Å². The van der Waals surface area contributed by atoms with Crippen molar-refractivity contribution in [1.29, 1.82) is 0 Å². The molecule has 3 N–H and O–H groups in total. The van der Waals surface area contributed by atoms with Crippen LogP contribution < -0.4 is 20.1 Å². The number of rotatable bonds is 6. The predicted octanol–water partition coefficient (Wildman–Crippen LogP) is 6.24. The van der Waals surface area contributed by atoms with Gasteiger partial charge in [-0.15, -0.1) is 0 Å². The van der Waals surface area contributed by atoms with Crippen LogP contribution in [0.15, 0.2) is 36.4 Å². The van der Waals surface area contributed by atoms with Crippen molar-refractivity contribution in [1.82, 2.24) is 10.2 Å². The van der Waals surface area contributed by atoms with Gasteiger partial charge < -0.3 is 25.2 Å². The van der Waals surface area contributed by atoms with E-state index < -0.39 is 29.8 Å². The standard InChI is InChI=1S/C28H35F2N3O3.C2HF3O2/c1-35-24-10-7-18(15-25(24)36-2)28-12-11-20(17-26(28)33(14-13-28)21-5-3-4-6-21)32-27(34)31-19-8-9-22(29)23(30)16-19;3-2(4,5)1(6)7/h7-10,15-16,20-21,26H,3-6,11-14,17H2,1-2H3,(H2,31,32,34);(H,6,7)/t20-,26+,28+;/m1./s1. The number of likely N-dealkylation sites (tertiary alicyclic amines) is 1. The first-order valence-electron chi connectivity index (χ1n) is 14.2. The molecule has 0 bridgehead atoms. The molecule has 0 unspecified atom stereocenters. The molecule has 0 aromatic heterocycles. The lowest BCUT2D eigenvalue weighted by Gasteiger charge is -2.47. The fraction of sp³-hybridized carbons (Fsp3) is 0.533. The Labute approximate surface area is 246 Å². The van der Waals surface area contributed by atoms with Crippen molar-refractivity contribution in [2.24, 2.45) is 0 Å². The number of amides is 2. The number of halogens is 5. The maximum absolute atomic E-state index is 13.6. The number of carbonyl (C=O) groups excluding carboxylic acids is 1. The molecule has 13 heteroatoms. The largest absolute Gasteiger partial charge is 0.493 e. The van der Waals surface area contributed by atoms with Gasteiger partial charge in [-0.2, -0.15) is 13.2 Å². The van der Waals surface area contributed by atoms with Gasteiger partial charge in [0.1, 0.15) is 0 Å². The highest BCUT2D eigenvalue weighted by Gasteiger charge is 2.53. The van der Waals surface area contributed by atoms with Gasteiger partial charge in [0.2, 0.25) is 0 Å². The van der Waals surface area contributed by atoms with E-state index in [4.69, 9.17) is 19.4 Å². The fourth-order valence-electron chi connectivity index (χ4n) is 6.80. The summed E-state index contributed by atoms with van der Waals surface area (Å²) in [5.74, 6) is -3.21. The summed E-state index contributed by atoms with van der Waals surface area (Å²) in [5.41, 5.74) is 1.50. The quantitative estimate of drug-likeness (QED) is 0.334. The lowest BCUT2D eigenvalue weighted by molar-refractivity contribution is -0.192.